The molecule has 0 spiro atoms. The molecule has 8 nitrogen and oxygen atoms in total. The van der Waals surface area contributed by atoms with Gasteiger partial charge in [0.15, 0.2) is 16.9 Å². The van der Waals surface area contributed by atoms with E-state index < -0.39 is 17.9 Å². The Labute approximate surface area is 95.5 Å². The highest BCUT2D eigenvalue weighted by atomic mass is 16.4. The zero-order valence-electron chi connectivity index (χ0n) is 8.80. The van der Waals surface area contributed by atoms with Crippen LogP contribution in [-0.4, -0.2) is 52.5 Å². The van der Waals surface area contributed by atoms with Crippen molar-refractivity contribution < 1.29 is 15.3 Å². The van der Waals surface area contributed by atoms with Gasteiger partial charge in [-0.25, -0.2) is 9.97 Å². The maximum Gasteiger partial charge on any atom is 0.190 e. The second-order valence-corrected chi connectivity index (χ2v) is 4.16. The van der Waals surface area contributed by atoms with Crippen LogP contribution >= 0.6 is 0 Å². The van der Waals surface area contributed by atoms with E-state index in [1.54, 1.807) is 0 Å². The van der Waals surface area contributed by atoms with Crippen molar-refractivity contribution in [3.8, 4) is 0 Å². The number of nitrogens with zero attached hydrogens (tertiary/aromatic N) is 5. The fourth-order valence-corrected chi connectivity index (χ4v) is 2.15. The van der Waals surface area contributed by atoms with E-state index in [2.05, 4.69) is 20.3 Å². The van der Waals surface area contributed by atoms with Gasteiger partial charge in [-0.15, -0.1) is 5.10 Å². The van der Waals surface area contributed by atoms with Crippen LogP contribution in [0.4, 0.5) is 0 Å². The minimum atomic E-state index is -1.66. The van der Waals surface area contributed by atoms with Crippen LogP contribution in [0.2, 0.25) is 0 Å². The molecule has 0 aromatic carbocycles. The molecule has 3 rings (SSSR count). The molecule has 17 heavy (non-hydrogen) atoms. The highest BCUT2D eigenvalue weighted by Gasteiger charge is 2.49. The first kappa shape index (κ1) is 10.5. The summed E-state index contributed by atoms with van der Waals surface area (Å²) < 4.78 is 1.14. The Balaban J connectivity index is 2.15. The Bertz CT molecular complexity index is 558. The van der Waals surface area contributed by atoms with E-state index in [4.69, 9.17) is 0 Å². The minimum Gasteiger partial charge on any atom is -0.390 e. The van der Waals surface area contributed by atoms with Crippen LogP contribution in [0, 0.1) is 0 Å². The molecule has 2 heterocycles. The molecule has 1 fully saturated rings. The summed E-state index contributed by atoms with van der Waals surface area (Å²) in [5.41, 5.74) is -0.909. The Morgan fingerprint density at radius 3 is 2.94 bits per heavy atom. The summed E-state index contributed by atoms with van der Waals surface area (Å²) in [6.45, 7) is 0. The molecule has 3 N–H and O–H groups in total. The standard InChI is InChI=1S/C9H11N5O3/c15-6-1-2-9(17,7(6)16)14-8-5(12-13-14)3-10-4-11-8/h3-4,6-7,15-17H,1-2H2. The molecule has 3 unspecified atom stereocenters. The van der Waals surface area contributed by atoms with Crippen LogP contribution in [0.5, 0.6) is 0 Å². The second kappa shape index (κ2) is 3.42. The van der Waals surface area contributed by atoms with Gasteiger partial charge in [0, 0.05) is 6.42 Å². The molecule has 0 amide bonds. The van der Waals surface area contributed by atoms with Gasteiger partial charge in [-0.1, -0.05) is 5.21 Å². The summed E-state index contributed by atoms with van der Waals surface area (Å²) in [4.78, 5) is 7.75. The number of hydrogen-bond acceptors (Lipinski definition) is 7. The maximum absolute atomic E-state index is 10.4. The first-order valence-electron chi connectivity index (χ1n) is 5.23. The van der Waals surface area contributed by atoms with Crippen LogP contribution in [0.25, 0.3) is 11.2 Å². The van der Waals surface area contributed by atoms with Gasteiger partial charge in [-0.05, 0) is 6.42 Å². The fraction of sp³-hybridized carbons (Fsp3) is 0.556. The van der Waals surface area contributed by atoms with E-state index in [1.807, 2.05) is 0 Å². The van der Waals surface area contributed by atoms with Gasteiger partial charge in [0.05, 0.1) is 12.3 Å². The van der Waals surface area contributed by atoms with Crippen LogP contribution in [0.1, 0.15) is 12.8 Å². The molecule has 2 aromatic heterocycles. The van der Waals surface area contributed by atoms with Crippen LogP contribution in [0.15, 0.2) is 12.5 Å². The molecule has 0 radical (unpaired) electrons. The molecule has 1 aliphatic rings. The largest absolute Gasteiger partial charge is 0.390 e. The average Bonchev–Trinajstić information content (AvgIpc) is 2.88. The van der Waals surface area contributed by atoms with Crippen molar-refractivity contribution in [3.05, 3.63) is 12.5 Å². The highest BCUT2D eigenvalue weighted by Crippen LogP contribution is 2.35. The zero-order valence-corrected chi connectivity index (χ0v) is 8.80. The number of fused-ring (bicyclic) bond motifs is 1. The van der Waals surface area contributed by atoms with Crippen molar-refractivity contribution in [1.82, 2.24) is 25.0 Å². The first-order valence-corrected chi connectivity index (χ1v) is 5.23. The van der Waals surface area contributed by atoms with Crippen molar-refractivity contribution in [2.45, 2.75) is 30.8 Å². The number of aliphatic hydroxyl groups is 3. The normalized spacial score (nSPS) is 33.4. The topological polar surface area (TPSA) is 117 Å². The van der Waals surface area contributed by atoms with E-state index >= 15 is 0 Å². The molecular formula is C9H11N5O3. The smallest absolute Gasteiger partial charge is 0.190 e. The number of rotatable bonds is 1. The van der Waals surface area contributed by atoms with Crippen LogP contribution in [0.3, 0.4) is 0 Å². The minimum absolute atomic E-state index is 0.192. The van der Waals surface area contributed by atoms with Crippen molar-refractivity contribution in [1.29, 1.82) is 0 Å². The lowest BCUT2D eigenvalue weighted by Crippen LogP contribution is -2.45. The Morgan fingerprint density at radius 1 is 1.41 bits per heavy atom. The molecule has 1 saturated carbocycles. The quantitative estimate of drug-likeness (QED) is 0.545. The number of aromatic nitrogens is 5. The van der Waals surface area contributed by atoms with E-state index in [0.29, 0.717) is 17.6 Å². The highest BCUT2D eigenvalue weighted by molar-refractivity contribution is 5.67. The third-order valence-electron chi connectivity index (χ3n) is 3.13. The van der Waals surface area contributed by atoms with Gasteiger partial charge >= 0.3 is 0 Å². The lowest BCUT2D eigenvalue weighted by atomic mass is 10.1. The van der Waals surface area contributed by atoms with E-state index in [9.17, 15) is 15.3 Å². The summed E-state index contributed by atoms with van der Waals surface area (Å²) >= 11 is 0. The Morgan fingerprint density at radius 2 is 2.24 bits per heavy atom. The molecule has 0 saturated heterocycles. The van der Waals surface area contributed by atoms with Gasteiger partial charge in [0.1, 0.15) is 12.4 Å². The molecular weight excluding hydrogens is 226 g/mol. The summed E-state index contributed by atoms with van der Waals surface area (Å²) in [6, 6.07) is 0. The molecule has 2 aromatic rings. The van der Waals surface area contributed by atoms with Gasteiger partial charge in [0.2, 0.25) is 0 Å². The zero-order chi connectivity index (χ0) is 12.0. The van der Waals surface area contributed by atoms with Crippen LogP contribution in [-0.2, 0) is 5.72 Å². The number of aliphatic hydroxyl groups excluding tert-OH is 2. The van der Waals surface area contributed by atoms with Gasteiger partial charge in [0.25, 0.3) is 0 Å². The van der Waals surface area contributed by atoms with Crippen molar-refractivity contribution in [3.63, 3.8) is 0 Å². The van der Waals surface area contributed by atoms with Crippen molar-refractivity contribution in [2.75, 3.05) is 0 Å². The van der Waals surface area contributed by atoms with E-state index in [1.165, 1.54) is 12.5 Å². The molecule has 90 valence electrons. The SMILES string of the molecule is OC1CCC(O)(n2nnc3cncnc32)C1O. The summed E-state index contributed by atoms with van der Waals surface area (Å²) in [5.74, 6) is 0. The van der Waals surface area contributed by atoms with E-state index in [-0.39, 0.29) is 6.42 Å². The monoisotopic (exact) mass is 237 g/mol. The molecule has 3 atom stereocenters. The van der Waals surface area contributed by atoms with Gasteiger partial charge in [-0.2, -0.15) is 4.68 Å². The van der Waals surface area contributed by atoms with Gasteiger partial charge < -0.3 is 15.3 Å². The van der Waals surface area contributed by atoms with E-state index in [0.717, 1.165) is 4.68 Å². The Hall–Kier alpha value is -1.64. The molecule has 0 aliphatic heterocycles. The first-order chi connectivity index (χ1) is 8.13. The summed E-state index contributed by atoms with van der Waals surface area (Å²) in [6.07, 6.45) is 0.987. The van der Waals surface area contributed by atoms with Crippen molar-refractivity contribution >= 4 is 11.2 Å². The average molecular weight is 237 g/mol. The lowest BCUT2D eigenvalue weighted by molar-refractivity contribution is -0.143. The van der Waals surface area contributed by atoms with Crippen molar-refractivity contribution in [2.24, 2.45) is 0 Å². The lowest BCUT2D eigenvalue weighted by Gasteiger charge is -2.27. The predicted octanol–water partition coefficient (Wildman–Crippen LogP) is -1.62. The second-order valence-electron chi connectivity index (χ2n) is 4.16. The predicted molar refractivity (Wildman–Crippen MR) is 54.6 cm³/mol. The Kier molecular flexibility index (Phi) is 2.12. The summed E-state index contributed by atoms with van der Waals surface area (Å²) in [7, 11) is 0. The van der Waals surface area contributed by atoms with Crippen LogP contribution < -0.4 is 0 Å². The third-order valence-corrected chi connectivity index (χ3v) is 3.13. The van der Waals surface area contributed by atoms with Gasteiger partial charge in [-0.3, -0.25) is 0 Å². The maximum atomic E-state index is 10.4. The molecule has 1 aliphatic carbocycles. The fourth-order valence-electron chi connectivity index (χ4n) is 2.15. The summed E-state index contributed by atoms with van der Waals surface area (Å²) in [5, 5.41) is 37.3. The molecule has 0 bridgehead atoms. The number of hydrogen-bond donors (Lipinski definition) is 3. The third kappa shape index (κ3) is 1.35. The molecule has 8 heteroatoms.